The van der Waals surface area contributed by atoms with Crippen LogP contribution >= 0.6 is 0 Å². The zero-order chi connectivity index (χ0) is 9.40. The molecule has 0 aliphatic heterocycles. The SMILES string of the molecule is C#CCC(=O)OC#CCC([O])=O. The van der Waals surface area contributed by atoms with Gasteiger partial charge in [0.2, 0.25) is 0 Å². The van der Waals surface area contributed by atoms with Crippen molar-refractivity contribution in [1.29, 1.82) is 0 Å². The van der Waals surface area contributed by atoms with Gasteiger partial charge < -0.3 is 4.74 Å². The van der Waals surface area contributed by atoms with Gasteiger partial charge in [0.05, 0.1) is 0 Å². The number of carbonyl (C=O) groups is 2. The minimum absolute atomic E-state index is 0.181. The van der Waals surface area contributed by atoms with Crippen molar-refractivity contribution < 1.29 is 19.4 Å². The fourth-order valence-electron chi connectivity index (χ4n) is 0.321. The van der Waals surface area contributed by atoms with E-state index in [1.165, 1.54) is 0 Å². The lowest BCUT2D eigenvalue weighted by molar-refractivity contribution is -0.142. The Hall–Kier alpha value is -1.94. The number of ether oxygens (including phenoxy) is 1. The molecule has 12 heavy (non-hydrogen) atoms. The molecule has 0 N–H and O–H groups in total. The molecule has 0 rings (SSSR count). The van der Waals surface area contributed by atoms with Crippen LogP contribution < -0.4 is 0 Å². The van der Waals surface area contributed by atoms with Crippen molar-refractivity contribution in [2.75, 3.05) is 0 Å². The van der Waals surface area contributed by atoms with Crippen LogP contribution in [0.2, 0.25) is 0 Å². The molecule has 0 heterocycles. The third-order valence-corrected chi connectivity index (χ3v) is 0.716. The lowest BCUT2D eigenvalue weighted by atomic mass is 10.4. The van der Waals surface area contributed by atoms with Crippen LogP contribution in [0.25, 0.3) is 0 Å². The number of esters is 1. The average Bonchev–Trinajstić information content (AvgIpc) is 1.98. The van der Waals surface area contributed by atoms with Crippen LogP contribution in [0.15, 0.2) is 0 Å². The highest BCUT2D eigenvalue weighted by Gasteiger charge is 1.96. The summed E-state index contributed by atoms with van der Waals surface area (Å²) in [5, 5.41) is 9.78. The van der Waals surface area contributed by atoms with Gasteiger partial charge >= 0.3 is 11.9 Å². The van der Waals surface area contributed by atoms with Crippen molar-refractivity contribution in [2.24, 2.45) is 0 Å². The van der Waals surface area contributed by atoms with Gasteiger partial charge in [0.15, 0.2) is 0 Å². The summed E-state index contributed by atoms with van der Waals surface area (Å²) in [6.45, 7) is 0. The summed E-state index contributed by atoms with van der Waals surface area (Å²) in [6.07, 6.45) is 6.01. The van der Waals surface area contributed by atoms with Crippen LogP contribution in [0.1, 0.15) is 12.8 Å². The zero-order valence-electron chi connectivity index (χ0n) is 6.12. The first-order valence-electron chi connectivity index (χ1n) is 2.97. The molecule has 61 valence electrons. The van der Waals surface area contributed by atoms with E-state index in [0.29, 0.717) is 0 Å². The number of rotatable bonds is 2. The number of carbonyl (C=O) groups excluding carboxylic acids is 2. The van der Waals surface area contributed by atoms with Crippen LogP contribution in [-0.2, 0) is 19.4 Å². The molecule has 0 bridgehead atoms. The lowest BCUT2D eigenvalue weighted by Crippen LogP contribution is -1.97. The molecule has 0 saturated carbocycles. The largest absolute Gasteiger partial charge is 0.371 e. The molecule has 0 aromatic rings. The second-order valence-electron chi connectivity index (χ2n) is 1.68. The third-order valence-electron chi connectivity index (χ3n) is 0.716. The lowest BCUT2D eigenvalue weighted by Gasteiger charge is -1.86. The standard InChI is InChI=1S/C8H5O4/c1-2-4-8(11)12-6-3-5-7(9)10/h1H,4-5H2. The van der Waals surface area contributed by atoms with Crippen molar-refractivity contribution in [3.8, 4) is 24.4 Å². The Bertz CT molecular complexity index is 274. The molecule has 0 spiro atoms. The van der Waals surface area contributed by atoms with E-state index in [2.05, 4.69) is 10.7 Å². The Labute approximate surface area is 69.5 Å². The van der Waals surface area contributed by atoms with Crippen LogP contribution in [0.3, 0.4) is 0 Å². The summed E-state index contributed by atoms with van der Waals surface area (Å²) in [7, 11) is 0. The van der Waals surface area contributed by atoms with Crippen molar-refractivity contribution in [1.82, 2.24) is 0 Å². The molecule has 0 amide bonds. The van der Waals surface area contributed by atoms with E-state index in [9.17, 15) is 14.7 Å². The van der Waals surface area contributed by atoms with E-state index in [0.717, 1.165) is 0 Å². The van der Waals surface area contributed by atoms with Gasteiger partial charge in [-0.15, -0.1) is 6.42 Å². The van der Waals surface area contributed by atoms with E-state index in [-0.39, 0.29) is 6.42 Å². The summed E-state index contributed by atoms with van der Waals surface area (Å²) in [4.78, 5) is 20.2. The first kappa shape index (κ1) is 10.1. The molecule has 0 aliphatic rings. The van der Waals surface area contributed by atoms with E-state index in [1.807, 2.05) is 12.0 Å². The van der Waals surface area contributed by atoms with Gasteiger partial charge in [0, 0.05) is 0 Å². The molecule has 4 heteroatoms. The second-order valence-corrected chi connectivity index (χ2v) is 1.68. The highest BCUT2D eigenvalue weighted by Crippen LogP contribution is 1.82. The van der Waals surface area contributed by atoms with Crippen molar-refractivity contribution in [3.05, 3.63) is 0 Å². The predicted molar refractivity (Wildman–Crippen MR) is 37.6 cm³/mol. The molecule has 0 saturated heterocycles. The van der Waals surface area contributed by atoms with Gasteiger partial charge in [0.1, 0.15) is 18.9 Å². The molecule has 1 radical (unpaired) electrons. The van der Waals surface area contributed by atoms with Gasteiger partial charge in [-0.2, -0.15) is 0 Å². The Balaban J connectivity index is 3.65. The molecular weight excluding hydrogens is 160 g/mol. The molecule has 0 unspecified atom stereocenters. The Morgan fingerprint density at radius 1 is 1.33 bits per heavy atom. The highest BCUT2D eigenvalue weighted by atomic mass is 16.5. The maximum absolute atomic E-state index is 10.5. The van der Waals surface area contributed by atoms with Crippen LogP contribution in [-0.4, -0.2) is 11.9 Å². The van der Waals surface area contributed by atoms with Crippen molar-refractivity contribution in [3.63, 3.8) is 0 Å². The maximum atomic E-state index is 10.5. The predicted octanol–water partition coefficient (Wildman–Crippen LogP) is -0.139. The molecule has 0 fully saturated rings. The average molecular weight is 165 g/mol. The Morgan fingerprint density at radius 3 is 2.50 bits per heavy atom. The molecule has 4 nitrogen and oxygen atoms in total. The second kappa shape index (κ2) is 5.82. The Kier molecular flexibility index (Phi) is 4.88. The van der Waals surface area contributed by atoms with Gasteiger partial charge in [0.25, 0.3) is 0 Å². The minimum atomic E-state index is -1.32. The number of hydrogen-bond donors (Lipinski definition) is 0. The van der Waals surface area contributed by atoms with Crippen molar-refractivity contribution >= 4 is 11.9 Å². The Morgan fingerprint density at radius 2 is 2.00 bits per heavy atom. The van der Waals surface area contributed by atoms with Crippen molar-refractivity contribution in [2.45, 2.75) is 12.8 Å². The van der Waals surface area contributed by atoms with Gasteiger partial charge in [-0.05, 0) is 5.92 Å². The number of terminal acetylenes is 1. The van der Waals surface area contributed by atoms with E-state index in [4.69, 9.17) is 6.42 Å². The molecule has 0 aliphatic carbocycles. The van der Waals surface area contributed by atoms with Gasteiger partial charge in [-0.25, -0.2) is 14.7 Å². The molecular formula is C8H5O4. The summed E-state index contributed by atoms with van der Waals surface area (Å²) >= 11 is 0. The fraction of sp³-hybridized carbons (Fsp3) is 0.250. The maximum Gasteiger partial charge on any atom is 0.367 e. The van der Waals surface area contributed by atoms with Crippen LogP contribution in [0.4, 0.5) is 0 Å². The molecule has 0 aromatic carbocycles. The van der Waals surface area contributed by atoms with E-state index in [1.54, 1.807) is 0 Å². The summed E-state index contributed by atoms with van der Waals surface area (Å²) in [6, 6.07) is 0. The van der Waals surface area contributed by atoms with Gasteiger partial charge in [-0.1, -0.05) is 5.92 Å². The number of hydrogen-bond acceptors (Lipinski definition) is 3. The zero-order valence-corrected chi connectivity index (χ0v) is 6.12. The molecule has 0 aromatic heterocycles. The third kappa shape index (κ3) is 6.18. The van der Waals surface area contributed by atoms with Gasteiger partial charge in [-0.3, -0.25) is 0 Å². The molecule has 0 atom stereocenters. The van der Waals surface area contributed by atoms with Crippen LogP contribution in [0.5, 0.6) is 0 Å². The summed E-state index contributed by atoms with van der Waals surface area (Å²) in [5.74, 6) is 2.10. The van der Waals surface area contributed by atoms with E-state index < -0.39 is 18.4 Å². The first-order valence-corrected chi connectivity index (χ1v) is 2.97. The highest BCUT2D eigenvalue weighted by molar-refractivity contribution is 5.73. The monoisotopic (exact) mass is 165 g/mol. The summed E-state index contributed by atoms with van der Waals surface area (Å²) in [5.41, 5.74) is 0. The topological polar surface area (TPSA) is 63.3 Å². The minimum Gasteiger partial charge on any atom is -0.371 e. The normalized spacial score (nSPS) is 7.25. The fourth-order valence-corrected chi connectivity index (χ4v) is 0.321. The smallest absolute Gasteiger partial charge is 0.367 e. The summed E-state index contributed by atoms with van der Waals surface area (Å²) < 4.78 is 4.20. The quantitative estimate of drug-likeness (QED) is 0.422. The first-order chi connectivity index (χ1) is 5.66. The van der Waals surface area contributed by atoms with E-state index >= 15 is 0 Å². The van der Waals surface area contributed by atoms with Crippen LogP contribution in [0, 0.1) is 24.4 Å².